The Bertz CT molecular complexity index is 2580. The number of carbonyl (C=O) groups is 9. The summed E-state index contributed by atoms with van der Waals surface area (Å²) in [6, 6.07) is 6.21. The number of guanidine groups is 1. The molecule has 1 aliphatic heterocycles. The first-order chi connectivity index (χ1) is 35.5. The number of carboxylic acids is 1. The number of nitrogens with zero attached hydrogens (tertiary/aromatic N) is 2. The van der Waals surface area contributed by atoms with E-state index in [9.17, 15) is 48.3 Å². The SMILES string of the molecule is CCCCC(NC(C)=O)C(=O)N[C@H]1CC(=O)NCCCC[C@@H](C(=O)O)NC(=O)[C@H](Cc2c[nH]c3ccccc23)NC(=O)[C@H](CCCN=C(N)N)NC(=O)[C@@H](Cc2ccccc2)NC(=O)[C@H](Cc2cnc[nH]2)NC1=O. The van der Waals surface area contributed by atoms with Crippen LogP contribution in [0.3, 0.4) is 0 Å². The number of nitrogens with two attached hydrogens (primary N) is 2. The van der Waals surface area contributed by atoms with Crippen molar-refractivity contribution in [3.63, 3.8) is 0 Å². The molecule has 3 heterocycles. The maximum absolute atomic E-state index is 14.7. The van der Waals surface area contributed by atoms with Gasteiger partial charge in [0.15, 0.2) is 5.96 Å². The van der Waals surface area contributed by atoms with Crippen molar-refractivity contribution >= 4 is 70.1 Å². The molecule has 0 aliphatic carbocycles. The number of unbranched alkanes of at least 4 members (excludes halogenated alkanes) is 1. The first-order valence-electron chi connectivity index (χ1n) is 24.7. The van der Waals surface area contributed by atoms with Gasteiger partial charge in [-0.1, -0.05) is 68.3 Å². The highest BCUT2D eigenvalue weighted by atomic mass is 16.4. The molecule has 0 radical (unpaired) electrons. The second-order valence-corrected chi connectivity index (χ2v) is 18.1. The van der Waals surface area contributed by atoms with Crippen molar-refractivity contribution in [1.29, 1.82) is 0 Å². The smallest absolute Gasteiger partial charge is 0.326 e. The third-order valence-electron chi connectivity index (χ3n) is 12.3. The van der Waals surface area contributed by atoms with Crippen LogP contribution in [0.15, 0.2) is 78.3 Å². The van der Waals surface area contributed by atoms with Crippen LogP contribution in [0, 0.1) is 0 Å². The van der Waals surface area contributed by atoms with Gasteiger partial charge in [-0.2, -0.15) is 0 Å². The summed E-state index contributed by atoms with van der Waals surface area (Å²) >= 11 is 0. The number of hydrogen-bond donors (Lipinski definition) is 13. The van der Waals surface area contributed by atoms with E-state index in [0.717, 1.165) is 10.9 Å². The highest BCUT2D eigenvalue weighted by Crippen LogP contribution is 2.20. The Kier molecular flexibility index (Phi) is 21.9. The zero-order chi connectivity index (χ0) is 53.6. The molecule has 8 amide bonds. The summed E-state index contributed by atoms with van der Waals surface area (Å²) in [6.45, 7) is 3.19. The predicted molar refractivity (Wildman–Crippen MR) is 272 cm³/mol. The normalized spacial score (nSPS) is 21.3. The number of carbonyl (C=O) groups excluding carboxylic acids is 8. The van der Waals surface area contributed by atoms with Crippen molar-refractivity contribution in [3.05, 3.63) is 90.1 Å². The standard InChI is InChI=1S/C50H68N14O10/c1-3-4-16-35(58-29(2)65)43(67)64-41-25-42(66)54-20-11-10-18-37(49(73)74)60-46(70)39(23-31-26-56-34-17-9-8-15-33(31)34)62-44(68)36(19-12-21-55-50(51)52)59-45(69)38(22-30-13-6-5-7-14-30)61-47(71)40(63-48(41)72)24-32-27-53-28-57-32/h5-9,13-15,17,26-28,35-41,56H,3-4,10-12,16,18-25H2,1-2H3,(H,53,57)(H,54,66)(H,58,65)(H,59,69)(H,60,70)(H,61,71)(H,62,68)(H,63,72)(H,64,67)(H,73,74)(H4,51,52,55)/t35?,36-,37-,38+,39-,40-,41-/m0/s1. The average molecular weight is 1030 g/mol. The molecule has 74 heavy (non-hydrogen) atoms. The Balaban J connectivity index is 1.55. The zero-order valence-electron chi connectivity index (χ0n) is 41.5. The third-order valence-corrected chi connectivity index (χ3v) is 12.3. The quantitative estimate of drug-likeness (QED) is 0.0356. The average Bonchev–Trinajstić information content (AvgIpc) is 4.04. The van der Waals surface area contributed by atoms with Crippen molar-refractivity contribution in [2.75, 3.05) is 13.1 Å². The number of H-pyrrole nitrogens is 2. The molecule has 2 aromatic heterocycles. The van der Waals surface area contributed by atoms with Crippen LogP contribution in [-0.4, -0.2) is 135 Å². The van der Waals surface area contributed by atoms with Crippen molar-refractivity contribution in [1.82, 2.24) is 57.5 Å². The van der Waals surface area contributed by atoms with Gasteiger partial charge >= 0.3 is 5.97 Å². The van der Waals surface area contributed by atoms with E-state index in [4.69, 9.17) is 11.5 Å². The van der Waals surface area contributed by atoms with Crippen molar-refractivity contribution < 1.29 is 48.3 Å². The lowest BCUT2D eigenvalue weighted by Gasteiger charge is -2.28. The third kappa shape index (κ3) is 18.1. The van der Waals surface area contributed by atoms with Crippen molar-refractivity contribution in [2.45, 2.75) is 133 Å². The number of hydrogen-bond acceptors (Lipinski definition) is 11. The lowest BCUT2D eigenvalue weighted by atomic mass is 10.0. The minimum atomic E-state index is -1.59. The second kappa shape index (κ2) is 28.7. The highest BCUT2D eigenvalue weighted by Gasteiger charge is 2.35. The molecule has 24 nitrogen and oxygen atoms in total. The van der Waals surface area contributed by atoms with E-state index in [2.05, 4.69) is 62.5 Å². The Hall–Kier alpha value is -8.31. The summed E-state index contributed by atoms with van der Waals surface area (Å²) in [5.74, 6) is -7.80. The van der Waals surface area contributed by atoms with Gasteiger partial charge in [-0.3, -0.25) is 43.3 Å². The van der Waals surface area contributed by atoms with E-state index in [0.29, 0.717) is 29.7 Å². The molecular weight excluding hydrogens is 957 g/mol. The van der Waals surface area contributed by atoms with E-state index in [1.165, 1.54) is 19.4 Å². The number of nitrogens with one attached hydrogen (secondary N) is 10. The van der Waals surface area contributed by atoms with Gasteiger partial charge in [-0.05, 0) is 55.7 Å². The summed E-state index contributed by atoms with van der Waals surface area (Å²) in [6.07, 6.45) is 5.28. The summed E-state index contributed by atoms with van der Waals surface area (Å²) < 4.78 is 0. The van der Waals surface area contributed by atoms with Crippen LogP contribution in [0.2, 0.25) is 0 Å². The molecule has 24 heteroatoms. The van der Waals surface area contributed by atoms with Crippen LogP contribution >= 0.6 is 0 Å². The zero-order valence-corrected chi connectivity index (χ0v) is 41.5. The number of aromatic nitrogens is 3. The van der Waals surface area contributed by atoms with Crippen LogP contribution in [0.5, 0.6) is 0 Å². The van der Waals surface area contributed by atoms with E-state index in [1.807, 2.05) is 25.1 Å². The number of fused-ring (bicyclic) bond motifs is 1. The molecule has 0 saturated carbocycles. The molecule has 1 unspecified atom stereocenters. The van der Waals surface area contributed by atoms with Crippen LogP contribution in [-0.2, 0) is 62.4 Å². The van der Waals surface area contributed by atoms with Gasteiger partial charge in [0.2, 0.25) is 47.3 Å². The minimum Gasteiger partial charge on any atom is -0.480 e. The van der Waals surface area contributed by atoms with Gasteiger partial charge in [0.1, 0.15) is 42.3 Å². The molecule has 1 fully saturated rings. The van der Waals surface area contributed by atoms with Gasteiger partial charge in [-0.15, -0.1) is 0 Å². The highest BCUT2D eigenvalue weighted by molar-refractivity contribution is 5.99. The number of imidazole rings is 1. The molecular formula is C50H68N14O10. The number of benzene rings is 2. The van der Waals surface area contributed by atoms with E-state index in [-0.39, 0.29) is 76.8 Å². The molecule has 398 valence electrons. The van der Waals surface area contributed by atoms with E-state index < -0.39 is 102 Å². The van der Waals surface area contributed by atoms with Gasteiger partial charge in [0.25, 0.3) is 0 Å². The van der Waals surface area contributed by atoms with Crippen LogP contribution in [0.4, 0.5) is 0 Å². The van der Waals surface area contributed by atoms with Crippen molar-refractivity contribution in [3.8, 4) is 0 Å². The number of amides is 8. The number of aliphatic imine (C=N–C) groups is 1. The van der Waals surface area contributed by atoms with Crippen LogP contribution in [0.1, 0.15) is 88.5 Å². The number of aromatic amines is 2. The lowest BCUT2D eigenvalue weighted by molar-refractivity contribution is -0.142. The molecule has 15 N–H and O–H groups in total. The van der Waals surface area contributed by atoms with Crippen molar-refractivity contribution in [2.24, 2.45) is 16.5 Å². The summed E-state index contributed by atoms with van der Waals surface area (Å²) in [7, 11) is 0. The lowest BCUT2D eigenvalue weighted by Crippen LogP contribution is -2.61. The maximum atomic E-state index is 14.7. The van der Waals surface area contributed by atoms with Gasteiger partial charge in [-0.25, -0.2) is 9.78 Å². The topological polar surface area (TPSA) is 379 Å². The summed E-state index contributed by atoms with van der Waals surface area (Å²) in [4.78, 5) is 139. The maximum Gasteiger partial charge on any atom is 0.326 e. The second-order valence-electron chi connectivity index (χ2n) is 18.1. The van der Waals surface area contributed by atoms with Gasteiger partial charge in [0, 0.05) is 68.3 Å². The first kappa shape index (κ1) is 56.6. The number of aliphatic carboxylic acids is 1. The minimum absolute atomic E-state index is 0.00489. The molecule has 0 spiro atoms. The molecule has 2 aromatic carbocycles. The summed E-state index contributed by atoms with van der Waals surface area (Å²) in [5.41, 5.74) is 13.5. The monoisotopic (exact) mass is 1020 g/mol. The summed E-state index contributed by atoms with van der Waals surface area (Å²) in [5, 5.41) is 32.3. The fraction of sp³-hybridized carbons (Fsp3) is 0.460. The molecule has 1 saturated heterocycles. The molecule has 5 rings (SSSR count). The van der Waals surface area contributed by atoms with Gasteiger partial charge in [0.05, 0.1) is 12.7 Å². The van der Waals surface area contributed by atoms with Gasteiger partial charge < -0.3 is 69.1 Å². The Morgan fingerprint density at radius 3 is 2.11 bits per heavy atom. The van der Waals surface area contributed by atoms with E-state index >= 15 is 0 Å². The molecule has 0 bridgehead atoms. The molecule has 7 atom stereocenters. The fourth-order valence-electron chi connectivity index (χ4n) is 8.37. The fourth-order valence-corrected chi connectivity index (χ4v) is 8.37. The molecule has 1 aliphatic rings. The Morgan fingerprint density at radius 1 is 0.784 bits per heavy atom. The number of para-hydroxylation sites is 1. The Morgan fingerprint density at radius 2 is 1.43 bits per heavy atom. The first-order valence-corrected chi connectivity index (χ1v) is 24.7. The predicted octanol–water partition coefficient (Wildman–Crippen LogP) is -0.649. The number of carboxylic acid groups (broad SMARTS) is 1. The Labute approximate surface area is 427 Å². The van der Waals surface area contributed by atoms with Crippen LogP contribution < -0.4 is 54.0 Å². The van der Waals surface area contributed by atoms with E-state index in [1.54, 1.807) is 42.6 Å². The van der Waals surface area contributed by atoms with Crippen LogP contribution in [0.25, 0.3) is 10.9 Å². The number of rotatable bonds is 17. The molecule has 4 aromatic rings. The largest absolute Gasteiger partial charge is 0.480 e.